The van der Waals surface area contributed by atoms with Crippen molar-refractivity contribution in [2.45, 2.75) is 64.6 Å². The van der Waals surface area contributed by atoms with Gasteiger partial charge in [-0.1, -0.05) is 99.5 Å². The van der Waals surface area contributed by atoms with Gasteiger partial charge in [-0.3, -0.25) is 0 Å². The maximum absolute atomic E-state index is 2.74. The minimum Gasteiger partial charge on any atom is -0.0801 e. The Balaban J connectivity index is 2.16. The molecule has 0 radical (unpaired) electrons. The van der Waals surface area contributed by atoms with Crippen molar-refractivity contribution in [1.29, 1.82) is 0 Å². The van der Waals surface area contributed by atoms with E-state index in [2.05, 4.69) is 102 Å². The fourth-order valence-electron chi connectivity index (χ4n) is 4.92. The van der Waals surface area contributed by atoms with Crippen LogP contribution in [0.1, 0.15) is 18.9 Å². The van der Waals surface area contributed by atoms with E-state index in [1.165, 1.54) is 27.1 Å². The summed E-state index contributed by atoms with van der Waals surface area (Å²) in [6.07, 6.45) is 13.3. The summed E-state index contributed by atoms with van der Waals surface area (Å²) in [5.74, 6) is 0. The van der Waals surface area contributed by atoms with Gasteiger partial charge in [0, 0.05) is 5.04 Å². The third-order valence-electron chi connectivity index (χ3n) is 7.00. The van der Waals surface area contributed by atoms with Crippen LogP contribution < -0.4 is 10.4 Å². The molecular formula is C26H34Si2. The van der Waals surface area contributed by atoms with E-state index in [1.807, 2.05) is 0 Å². The zero-order valence-electron chi connectivity index (χ0n) is 18.8. The van der Waals surface area contributed by atoms with E-state index < -0.39 is 16.1 Å². The first-order valence-corrected chi connectivity index (χ1v) is 17.6. The maximum atomic E-state index is 2.74. The molecule has 0 nitrogen and oxygen atoms in total. The number of hydrogen-bond donors (Lipinski definition) is 0. The topological polar surface area (TPSA) is 0 Å². The second-order valence-corrected chi connectivity index (χ2v) is 21.6. The van der Waals surface area contributed by atoms with Crippen molar-refractivity contribution in [2.24, 2.45) is 0 Å². The van der Waals surface area contributed by atoms with E-state index in [-0.39, 0.29) is 5.04 Å². The Morgan fingerprint density at radius 3 is 2.29 bits per heavy atom. The van der Waals surface area contributed by atoms with Crippen molar-refractivity contribution in [3.8, 4) is 0 Å². The molecule has 0 N–H and O–H groups in total. The highest BCUT2D eigenvalue weighted by molar-refractivity contribution is 6.86. The molecule has 1 atom stereocenters. The van der Waals surface area contributed by atoms with Crippen LogP contribution in [0.2, 0.25) is 44.3 Å². The molecule has 0 aliphatic heterocycles. The number of aryl methyl sites for hydroxylation is 1. The molecule has 0 amide bonds. The highest BCUT2D eigenvalue weighted by Crippen LogP contribution is 2.58. The summed E-state index contributed by atoms with van der Waals surface area (Å²) >= 11 is 0. The maximum Gasteiger partial charge on any atom is 0.0780 e. The third-order valence-corrected chi connectivity index (χ3v) is 12.5. The smallest absolute Gasteiger partial charge is 0.0780 e. The lowest BCUT2D eigenvalue weighted by Crippen LogP contribution is -2.42. The molecule has 3 aliphatic rings. The van der Waals surface area contributed by atoms with Gasteiger partial charge in [-0.25, -0.2) is 0 Å². The lowest BCUT2D eigenvalue weighted by Gasteiger charge is -2.47. The highest BCUT2D eigenvalue weighted by atomic mass is 28.3. The summed E-state index contributed by atoms with van der Waals surface area (Å²) in [4.78, 5) is 0. The molecule has 0 fully saturated rings. The molecule has 28 heavy (non-hydrogen) atoms. The monoisotopic (exact) mass is 402 g/mol. The summed E-state index contributed by atoms with van der Waals surface area (Å²) in [5, 5.41) is 4.70. The quantitative estimate of drug-likeness (QED) is 0.541. The van der Waals surface area contributed by atoms with Gasteiger partial charge in [-0.2, -0.15) is 0 Å². The lowest BCUT2D eigenvalue weighted by molar-refractivity contribution is 0.831. The van der Waals surface area contributed by atoms with E-state index >= 15 is 0 Å². The predicted molar refractivity (Wildman–Crippen MR) is 130 cm³/mol. The van der Waals surface area contributed by atoms with Crippen LogP contribution in [-0.2, 0) is 0 Å². The molecule has 0 saturated heterocycles. The van der Waals surface area contributed by atoms with E-state index in [1.54, 1.807) is 16.3 Å². The van der Waals surface area contributed by atoms with Crippen molar-refractivity contribution in [2.75, 3.05) is 0 Å². The third kappa shape index (κ3) is 2.84. The molecule has 4 rings (SSSR count). The summed E-state index contributed by atoms with van der Waals surface area (Å²) < 4.78 is 0. The number of benzene rings is 1. The molecule has 1 unspecified atom stereocenters. The Hall–Kier alpha value is -1.65. The van der Waals surface area contributed by atoms with Gasteiger partial charge in [-0.15, -0.1) is 0 Å². The van der Waals surface area contributed by atoms with Crippen LogP contribution in [0.5, 0.6) is 0 Å². The molecule has 2 heteroatoms. The SMILES string of the molecule is Cc1ccc2c(c1)=CC1=C(C3=CC=CC3)C(C)([Si](C)(C)C)C=C([Si](C)(C)C)C=21. The minimum absolute atomic E-state index is 0.160. The van der Waals surface area contributed by atoms with Crippen LogP contribution >= 0.6 is 0 Å². The summed E-state index contributed by atoms with van der Waals surface area (Å²) in [6, 6.07) is 7.03. The largest absolute Gasteiger partial charge is 0.0801 e. The van der Waals surface area contributed by atoms with Crippen LogP contribution in [-0.4, -0.2) is 16.1 Å². The Labute approximate surface area is 172 Å². The Morgan fingerprint density at radius 1 is 1.00 bits per heavy atom. The van der Waals surface area contributed by atoms with Gasteiger partial charge in [0.05, 0.1) is 16.1 Å². The van der Waals surface area contributed by atoms with Crippen molar-refractivity contribution < 1.29 is 0 Å². The van der Waals surface area contributed by atoms with Gasteiger partial charge in [0.25, 0.3) is 0 Å². The summed E-state index contributed by atoms with van der Waals surface area (Å²) in [6.45, 7) is 19.9. The van der Waals surface area contributed by atoms with Crippen LogP contribution in [0.4, 0.5) is 0 Å². The number of fused-ring (bicyclic) bond motifs is 2. The molecule has 146 valence electrons. The fourth-order valence-corrected chi connectivity index (χ4v) is 8.43. The second-order valence-electron chi connectivity index (χ2n) is 11.0. The summed E-state index contributed by atoms with van der Waals surface area (Å²) in [5.41, 5.74) is 7.57. The molecule has 0 bridgehead atoms. The summed E-state index contributed by atoms with van der Waals surface area (Å²) in [7, 11) is -3.02. The predicted octanol–water partition coefficient (Wildman–Crippen LogP) is 6.04. The minimum atomic E-state index is -1.52. The average Bonchev–Trinajstić information content (AvgIpc) is 3.19. The first-order chi connectivity index (χ1) is 12.9. The highest BCUT2D eigenvalue weighted by Gasteiger charge is 2.47. The van der Waals surface area contributed by atoms with Gasteiger partial charge in [0.1, 0.15) is 0 Å². The fraction of sp³-hybridized carbons (Fsp3) is 0.385. The molecule has 0 spiro atoms. The Morgan fingerprint density at radius 2 is 1.71 bits per heavy atom. The number of hydrogen-bond acceptors (Lipinski definition) is 0. The van der Waals surface area contributed by atoms with Crippen LogP contribution in [0, 0.1) is 6.92 Å². The Bertz CT molecular complexity index is 1110. The molecule has 3 aliphatic carbocycles. The average molecular weight is 403 g/mol. The van der Waals surface area contributed by atoms with E-state index in [0.717, 1.165) is 6.42 Å². The van der Waals surface area contributed by atoms with Crippen LogP contribution in [0.15, 0.2) is 64.4 Å². The van der Waals surface area contributed by atoms with Crippen molar-refractivity contribution in [3.63, 3.8) is 0 Å². The van der Waals surface area contributed by atoms with Crippen molar-refractivity contribution >= 4 is 27.8 Å². The Kier molecular flexibility index (Phi) is 4.33. The molecule has 1 aromatic rings. The second kappa shape index (κ2) is 6.17. The zero-order chi connectivity index (χ0) is 20.5. The van der Waals surface area contributed by atoms with Crippen LogP contribution in [0.3, 0.4) is 0 Å². The van der Waals surface area contributed by atoms with Gasteiger partial charge in [-0.05, 0) is 52.2 Å². The molecule has 0 aromatic heterocycles. The van der Waals surface area contributed by atoms with Crippen molar-refractivity contribution in [1.82, 2.24) is 0 Å². The molecule has 0 heterocycles. The normalized spacial score (nSPS) is 24.1. The van der Waals surface area contributed by atoms with Gasteiger partial charge in [0.15, 0.2) is 0 Å². The lowest BCUT2D eigenvalue weighted by atomic mass is 9.81. The van der Waals surface area contributed by atoms with Gasteiger partial charge < -0.3 is 0 Å². The number of allylic oxidation sites excluding steroid dienone is 8. The first kappa shape index (κ1) is 19.7. The molecule has 0 saturated carbocycles. The van der Waals surface area contributed by atoms with Gasteiger partial charge >= 0.3 is 0 Å². The van der Waals surface area contributed by atoms with Crippen molar-refractivity contribution in [3.05, 3.63) is 80.4 Å². The first-order valence-electron chi connectivity index (χ1n) is 10.6. The van der Waals surface area contributed by atoms with E-state index in [9.17, 15) is 0 Å². The zero-order valence-corrected chi connectivity index (χ0v) is 20.8. The standard InChI is InChI=1S/C26H34Si2/c1-18-13-14-21-20(15-18)16-22-24(21)23(27(3,4)5)17-26(2,28(6,7)8)25(22)19-11-9-10-12-19/h9-11,13-17H,12H2,1-8H3. The molecule has 1 aromatic carbocycles. The van der Waals surface area contributed by atoms with E-state index in [4.69, 9.17) is 0 Å². The van der Waals surface area contributed by atoms with E-state index in [0.29, 0.717) is 0 Å². The molecular weight excluding hydrogens is 368 g/mol. The number of rotatable bonds is 3. The van der Waals surface area contributed by atoms with Gasteiger partial charge in [0.2, 0.25) is 0 Å². The van der Waals surface area contributed by atoms with Crippen LogP contribution in [0.25, 0.3) is 11.6 Å².